The zero-order valence-electron chi connectivity index (χ0n) is 11.9. The second-order valence-corrected chi connectivity index (χ2v) is 5.43. The average Bonchev–Trinajstić information content (AvgIpc) is 2.96. The van der Waals surface area contributed by atoms with Gasteiger partial charge in [0.25, 0.3) is 10.9 Å². The summed E-state index contributed by atoms with van der Waals surface area (Å²) in [6.07, 6.45) is 0. The molecule has 0 atom stereocenters. The first-order valence-electron chi connectivity index (χ1n) is 6.96. The van der Waals surface area contributed by atoms with Gasteiger partial charge in [-0.2, -0.15) is 0 Å². The van der Waals surface area contributed by atoms with E-state index in [0.717, 1.165) is 0 Å². The maximum Gasteiger partial charge on any atom is 0.274 e. The molecule has 0 bridgehead atoms. The van der Waals surface area contributed by atoms with Crippen molar-refractivity contribution in [3.05, 3.63) is 97.7 Å². The number of benzene rings is 2. The topological polar surface area (TPSA) is 102 Å². The summed E-state index contributed by atoms with van der Waals surface area (Å²) < 4.78 is 0. The van der Waals surface area contributed by atoms with Gasteiger partial charge in [0, 0.05) is 21.5 Å². The van der Waals surface area contributed by atoms with Crippen LogP contribution in [0.25, 0.3) is 32.7 Å². The van der Waals surface area contributed by atoms with E-state index < -0.39 is 32.6 Å². The largest absolute Gasteiger partial charge is 0.285 e. The van der Waals surface area contributed by atoms with Gasteiger partial charge in [-0.15, -0.1) is 0 Å². The van der Waals surface area contributed by atoms with Crippen LogP contribution in [-0.2, 0) is 0 Å². The molecule has 6 nitrogen and oxygen atoms in total. The fraction of sp³-hybridized carbons (Fsp3) is 0. The van der Waals surface area contributed by atoms with Gasteiger partial charge in [-0.1, -0.05) is 36.4 Å². The predicted molar refractivity (Wildman–Crippen MR) is 89.3 cm³/mol. The molecule has 0 aromatic heterocycles. The van der Waals surface area contributed by atoms with Crippen molar-refractivity contribution >= 4 is 21.5 Å². The molecule has 0 unspecified atom stereocenters. The van der Waals surface area contributed by atoms with E-state index >= 15 is 0 Å². The highest BCUT2D eigenvalue weighted by Crippen LogP contribution is 2.28. The fourth-order valence-electron chi connectivity index (χ4n) is 3.10. The van der Waals surface area contributed by atoms with Gasteiger partial charge >= 0.3 is 0 Å². The third-order valence-corrected chi connectivity index (χ3v) is 4.19. The van der Waals surface area contributed by atoms with Gasteiger partial charge in [-0.3, -0.25) is 28.8 Å². The van der Waals surface area contributed by atoms with Crippen LogP contribution in [0.3, 0.4) is 0 Å². The van der Waals surface area contributed by atoms with Crippen LogP contribution in [-0.4, -0.2) is 0 Å². The van der Waals surface area contributed by atoms with E-state index in [9.17, 15) is 28.8 Å². The maximum atomic E-state index is 12.1. The van der Waals surface area contributed by atoms with Crippen molar-refractivity contribution in [1.29, 1.82) is 0 Å². The summed E-state index contributed by atoms with van der Waals surface area (Å²) in [5.74, 6) is 0. The summed E-state index contributed by atoms with van der Waals surface area (Å²) >= 11 is 0. The Morgan fingerprint density at radius 1 is 0.417 bits per heavy atom. The minimum atomic E-state index is -1.14. The van der Waals surface area contributed by atoms with E-state index in [0.29, 0.717) is 0 Å². The Balaban J connectivity index is 2.33. The second kappa shape index (κ2) is 4.48. The van der Waals surface area contributed by atoms with Crippen LogP contribution in [0.2, 0.25) is 0 Å². The summed E-state index contributed by atoms with van der Waals surface area (Å²) in [4.78, 5) is 71.3. The van der Waals surface area contributed by atoms with Crippen molar-refractivity contribution in [3.8, 4) is 11.1 Å². The summed E-state index contributed by atoms with van der Waals surface area (Å²) in [5, 5.41) is -0.271. The molecule has 0 saturated carbocycles. The van der Waals surface area contributed by atoms with Gasteiger partial charge in [0.1, 0.15) is 0 Å². The Labute approximate surface area is 131 Å². The molecule has 0 saturated heterocycles. The number of hydrogen-bond acceptors (Lipinski definition) is 6. The lowest BCUT2D eigenvalue weighted by Crippen LogP contribution is -2.29. The Kier molecular flexibility index (Phi) is 2.63. The molecule has 0 N–H and O–H groups in total. The normalized spacial score (nSPS) is 11.5. The first kappa shape index (κ1) is 14.1. The highest BCUT2D eigenvalue weighted by molar-refractivity contribution is 6.05. The van der Waals surface area contributed by atoms with Gasteiger partial charge in [0.2, 0.25) is 21.7 Å². The van der Waals surface area contributed by atoms with Crippen molar-refractivity contribution in [1.82, 2.24) is 0 Å². The molecule has 4 aromatic rings. The molecule has 24 heavy (non-hydrogen) atoms. The Morgan fingerprint density at radius 3 is 1.17 bits per heavy atom. The van der Waals surface area contributed by atoms with Crippen LogP contribution in [0.15, 0.2) is 65.2 Å². The van der Waals surface area contributed by atoms with Crippen molar-refractivity contribution in [2.75, 3.05) is 0 Å². The fourth-order valence-corrected chi connectivity index (χ4v) is 3.10. The van der Waals surface area contributed by atoms with Crippen LogP contribution in [0, 0.1) is 0 Å². The quantitative estimate of drug-likeness (QED) is 0.441. The summed E-state index contributed by atoms with van der Waals surface area (Å²) in [7, 11) is 0. The predicted octanol–water partition coefficient (Wildman–Crippen LogP) is -0.428. The van der Waals surface area contributed by atoms with E-state index in [1.165, 1.54) is 36.4 Å². The molecule has 0 aliphatic heterocycles. The Bertz CT molecular complexity index is 1340. The number of fused-ring (bicyclic) bond motifs is 2. The molecule has 0 aliphatic rings. The Hall–Kier alpha value is -3.54. The molecule has 0 spiro atoms. The lowest BCUT2D eigenvalue weighted by atomic mass is 9.97. The minimum Gasteiger partial charge on any atom is -0.285 e. The third-order valence-electron chi connectivity index (χ3n) is 4.19. The minimum absolute atomic E-state index is 0.0387. The molecule has 4 rings (SSSR count). The van der Waals surface area contributed by atoms with Crippen LogP contribution in [0.1, 0.15) is 0 Å². The number of hydrogen-bond donors (Lipinski definition) is 0. The molecule has 0 fully saturated rings. The van der Waals surface area contributed by atoms with Gasteiger partial charge in [0.15, 0.2) is 0 Å². The van der Waals surface area contributed by atoms with Crippen LogP contribution in [0.4, 0.5) is 0 Å². The van der Waals surface area contributed by atoms with Crippen LogP contribution < -0.4 is 32.6 Å². The second-order valence-electron chi connectivity index (χ2n) is 5.43. The van der Waals surface area contributed by atoms with Crippen LogP contribution in [0.5, 0.6) is 0 Å². The van der Waals surface area contributed by atoms with Gasteiger partial charge < -0.3 is 0 Å². The first-order valence-corrected chi connectivity index (χ1v) is 6.96. The van der Waals surface area contributed by atoms with Crippen molar-refractivity contribution in [2.24, 2.45) is 0 Å². The average molecular weight is 318 g/mol. The van der Waals surface area contributed by atoms with Crippen LogP contribution >= 0.6 is 0 Å². The lowest BCUT2D eigenvalue weighted by molar-refractivity contribution is 1.55. The van der Waals surface area contributed by atoms with Crippen molar-refractivity contribution in [3.63, 3.8) is 0 Å². The summed E-state index contributed by atoms with van der Waals surface area (Å²) in [5.41, 5.74) is -5.61. The molecular formula is C18H6O6. The lowest BCUT2D eigenvalue weighted by Gasteiger charge is -2.04. The van der Waals surface area contributed by atoms with Gasteiger partial charge in [0.05, 0.1) is 0 Å². The first-order chi connectivity index (χ1) is 11.4. The summed E-state index contributed by atoms with van der Waals surface area (Å²) in [6, 6.07) is 8.59. The SMILES string of the molecule is O=c1c(=O)c2cccc(-c3cccc4c(=O)c(=O)c(=O)c34)c2c1=O. The molecule has 0 heterocycles. The standard InChI is InChI=1S/C18H6O6/c19-13-9-5-1-3-7(11(9)15(21)17(13)23)8-4-2-6-10-12(8)16(22)18(24)14(10)20/h1-6H. The third kappa shape index (κ3) is 1.54. The zero-order valence-corrected chi connectivity index (χ0v) is 11.9. The van der Waals surface area contributed by atoms with E-state index in [-0.39, 0.29) is 32.7 Å². The molecule has 4 aromatic carbocycles. The van der Waals surface area contributed by atoms with E-state index in [1.54, 1.807) is 0 Å². The monoisotopic (exact) mass is 318 g/mol. The van der Waals surface area contributed by atoms with Crippen molar-refractivity contribution < 1.29 is 0 Å². The van der Waals surface area contributed by atoms with E-state index in [1.807, 2.05) is 0 Å². The molecule has 0 aliphatic carbocycles. The highest BCUT2D eigenvalue weighted by Gasteiger charge is 2.21. The Morgan fingerprint density at radius 2 is 0.792 bits per heavy atom. The molecule has 0 radical (unpaired) electrons. The molecule has 114 valence electrons. The van der Waals surface area contributed by atoms with Gasteiger partial charge in [-0.05, 0) is 11.1 Å². The number of rotatable bonds is 1. The molecule has 0 amide bonds. The van der Waals surface area contributed by atoms with Crippen molar-refractivity contribution in [2.45, 2.75) is 0 Å². The highest BCUT2D eigenvalue weighted by atomic mass is 16.2. The van der Waals surface area contributed by atoms with Gasteiger partial charge in [-0.25, -0.2) is 0 Å². The maximum absolute atomic E-state index is 12.1. The molecular weight excluding hydrogens is 312 g/mol. The van der Waals surface area contributed by atoms with E-state index in [2.05, 4.69) is 0 Å². The summed E-state index contributed by atoms with van der Waals surface area (Å²) in [6.45, 7) is 0. The van der Waals surface area contributed by atoms with E-state index in [4.69, 9.17) is 0 Å². The zero-order chi connectivity index (χ0) is 17.2. The molecule has 6 heteroatoms. The smallest absolute Gasteiger partial charge is 0.274 e.